The molecule has 0 aliphatic rings. The van der Waals surface area contributed by atoms with Gasteiger partial charge in [0.2, 0.25) is 5.91 Å². The first kappa shape index (κ1) is 10.3. The molecule has 14 heavy (non-hydrogen) atoms. The fourth-order valence-corrected chi connectivity index (χ4v) is 1.12. The van der Waals surface area contributed by atoms with E-state index in [4.69, 9.17) is 9.68 Å². The minimum absolute atomic E-state index is 0.172. The summed E-state index contributed by atoms with van der Waals surface area (Å²) in [6.07, 6.45) is 3.14. The molecule has 1 aromatic heterocycles. The van der Waals surface area contributed by atoms with Gasteiger partial charge in [0, 0.05) is 19.2 Å². The maximum atomic E-state index is 11.5. The van der Waals surface area contributed by atoms with Gasteiger partial charge in [-0.15, -0.1) is 0 Å². The van der Waals surface area contributed by atoms with E-state index in [0.29, 0.717) is 6.54 Å². The first-order valence-corrected chi connectivity index (χ1v) is 4.31. The van der Waals surface area contributed by atoms with Gasteiger partial charge in [-0.2, -0.15) is 5.26 Å². The van der Waals surface area contributed by atoms with E-state index < -0.39 is 5.92 Å². The third-order valence-electron chi connectivity index (χ3n) is 1.94. The molecule has 1 aromatic rings. The first-order valence-electron chi connectivity index (χ1n) is 4.31. The highest BCUT2D eigenvalue weighted by molar-refractivity contribution is 5.80. The average molecular weight is 192 g/mol. The van der Waals surface area contributed by atoms with Crippen LogP contribution in [0, 0.1) is 17.2 Å². The number of hydrogen-bond donors (Lipinski definition) is 0. The lowest BCUT2D eigenvalue weighted by atomic mass is 10.2. The van der Waals surface area contributed by atoms with Gasteiger partial charge in [-0.05, 0) is 13.0 Å². The molecular weight excluding hydrogens is 180 g/mol. The molecule has 1 heterocycles. The summed E-state index contributed by atoms with van der Waals surface area (Å²) in [7, 11) is 1.67. The van der Waals surface area contributed by atoms with Crippen LogP contribution in [-0.4, -0.2) is 17.9 Å². The Morgan fingerprint density at radius 2 is 2.50 bits per heavy atom. The van der Waals surface area contributed by atoms with Crippen LogP contribution in [0.1, 0.15) is 12.5 Å². The molecule has 0 saturated heterocycles. The molecule has 0 radical (unpaired) electrons. The highest BCUT2D eigenvalue weighted by Gasteiger charge is 2.16. The Hall–Kier alpha value is -1.76. The number of nitriles is 1. The Labute approximate surface area is 82.7 Å². The molecule has 0 fully saturated rings. The third-order valence-corrected chi connectivity index (χ3v) is 1.94. The van der Waals surface area contributed by atoms with Crippen molar-refractivity contribution in [1.82, 2.24) is 4.90 Å². The van der Waals surface area contributed by atoms with Crippen molar-refractivity contribution in [3.8, 4) is 6.07 Å². The lowest BCUT2D eigenvalue weighted by molar-refractivity contribution is -0.132. The molecule has 0 aliphatic heterocycles. The SMILES string of the molecule is CC(C#N)C(=O)N(C)Cc1ccoc1. The van der Waals surface area contributed by atoms with Gasteiger partial charge in [0.05, 0.1) is 18.6 Å². The summed E-state index contributed by atoms with van der Waals surface area (Å²) in [6.45, 7) is 2.07. The number of carbonyl (C=O) groups is 1. The van der Waals surface area contributed by atoms with E-state index in [1.807, 2.05) is 6.07 Å². The largest absolute Gasteiger partial charge is 0.472 e. The van der Waals surface area contributed by atoms with Crippen LogP contribution in [0.3, 0.4) is 0 Å². The number of furan rings is 1. The number of carbonyl (C=O) groups excluding carboxylic acids is 1. The summed E-state index contributed by atoms with van der Waals surface area (Å²) < 4.78 is 4.88. The molecule has 0 saturated carbocycles. The predicted molar refractivity (Wildman–Crippen MR) is 50.0 cm³/mol. The van der Waals surface area contributed by atoms with Gasteiger partial charge < -0.3 is 9.32 Å². The van der Waals surface area contributed by atoms with Gasteiger partial charge >= 0.3 is 0 Å². The zero-order valence-corrected chi connectivity index (χ0v) is 8.23. The highest BCUT2D eigenvalue weighted by Crippen LogP contribution is 2.06. The van der Waals surface area contributed by atoms with E-state index in [1.54, 1.807) is 32.6 Å². The number of nitrogens with zero attached hydrogens (tertiary/aromatic N) is 2. The van der Waals surface area contributed by atoms with E-state index in [2.05, 4.69) is 0 Å². The molecule has 74 valence electrons. The maximum Gasteiger partial charge on any atom is 0.239 e. The van der Waals surface area contributed by atoms with Crippen molar-refractivity contribution in [3.63, 3.8) is 0 Å². The topological polar surface area (TPSA) is 57.2 Å². The molecule has 4 nitrogen and oxygen atoms in total. The van der Waals surface area contributed by atoms with Crippen molar-refractivity contribution < 1.29 is 9.21 Å². The lowest BCUT2D eigenvalue weighted by Gasteiger charge is -2.16. The number of rotatable bonds is 3. The summed E-state index contributed by atoms with van der Waals surface area (Å²) in [5.41, 5.74) is 0.922. The quantitative estimate of drug-likeness (QED) is 0.727. The zero-order chi connectivity index (χ0) is 10.6. The molecule has 1 unspecified atom stereocenters. The van der Waals surface area contributed by atoms with Crippen molar-refractivity contribution in [3.05, 3.63) is 24.2 Å². The normalized spacial score (nSPS) is 11.8. The molecule has 0 bridgehead atoms. The van der Waals surface area contributed by atoms with Crippen LogP contribution in [0.15, 0.2) is 23.0 Å². The van der Waals surface area contributed by atoms with Crippen LogP contribution < -0.4 is 0 Å². The summed E-state index contributed by atoms with van der Waals surface area (Å²) in [5.74, 6) is -0.763. The van der Waals surface area contributed by atoms with Gasteiger partial charge in [0.1, 0.15) is 5.92 Å². The van der Waals surface area contributed by atoms with Crippen molar-refractivity contribution in [2.24, 2.45) is 5.92 Å². The first-order chi connectivity index (χ1) is 6.65. The summed E-state index contributed by atoms with van der Waals surface area (Å²) >= 11 is 0. The molecule has 4 heteroatoms. The Balaban J connectivity index is 2.55. The second-order valence-electron chi connectivity index (χ2n) is 3.18. The Bertz CT molecular complexity index is 338. The third kappa shape index (κ3) is 2.36. The van der Waals surface area contributed by atoms with E-state index in [-0.39, 0.29) is 5.91 Å². The Morgan fingerprint density at radius 1 is 1.79 bits per heavy atom. The smallest absolute Gasteiger partial charge is 0.239 e. The van der Waals surface area contributed by atoms with E-state index in [0.717, 1.165) is 5.56 Å². The fourth-order valence-electron chi connectivity index (χ4n) is 1.12. The molecule has 0 aliphatic carbocycles. The van der Waals surface area contributed by atoms with Gasteiger partial charge in [-0.3, -0.25) is 4.79 Å². The maximum absolute atomic E-state index is 11.5. The van der Waals surface area contributed by atoms with Crippen molar-refractivity contribution in [2.45, 2.75) is 13.5 Å². The van der Waals surface area contributed by atoms with Crippen LogP contribution in [-0.2, 0) is 11.3 Å². The molecular formula is C10H12N2O2. The number of amides is 1. The van der Waals surface area contributed by atoms with Gasteiger partial charge in [0.15, 0.2) is 0 Å². The van der Waals surface area contributed by atoms with Crippen molar-refractivity contribution >= 4 is 5.91 Å². The Kier molecular flexibility index (Phi) is 3.29. The highest BCUT2D eigenvalue weighted by atomic mass is 16.3. The monoisotopic (exact) mass is 192 g/mol. The summed E-state index contributed by atoms with van der Waals surface area (Å²) in [6, 6.07) is 3.70. The van der Waals surface area contributed by atoms with Crippen LogP contribution in [0.5, 0.6) is 0 Å². The van der Waals surface area contributed by atoms with E-state index in [1.165, 1.54) is 4.90 Å². The standard InChI is InChI=1S/C10H12N2O2/c1-8(5-11)10(13)12(2)6-9-3-4-14-7-9/h3-4,7-8H,6H2,1-2H3. The van der Waals surface area contributed by atoms with Crippen LogP contribution in [0.25, 0.3) is 0 Å². The van der Waals surface area contributed by atoms with Crippen LogP contribution in [0.2, 0.25) is 0 Å². The molecule has 1 rings (SSSR count). The van der Waals surface area contributed by atoms with Gasteiger partial charge in [-0.1, -0.05) is 0 Å². The Morgan fingerprint density at radius 3 is 3.00 bits per heavy atom. The second kappa shape index (κ2) is 4.47. The molecule has 1 amide bonds. The summed E-state index contributed by atoms with van der Waals surface area (Å²) in [5, 5.41) is 8.56. The molecule has 0 spiro atoms. The minimum Gasteiger partial charge on any atom is -0.472 e. The molecule has 1 atom stereocenters. The average Bonchev–Trinajstić information content (AvgIpc) is 2.68. The van der Waals surface area contributed by atoms with Gasteiger partial charge in [-0.25, -0.2) is 0 Å². The van der Waals surface area contributed by atoms with Crippen molar-refractivity contribution in [2.75, 3.05) is 7.05 Å². The fraction of sp³-hybridized carbons (Fsp3) is 0.400. The predicted octanol–water partition coefficient (Wildman–Crippen LogP) is 1.40. The van der Waals surface area contributed by atoms with Crippen molar-refractivity contribution in [1.29, 1.82) is 5.26 Å². The minimum atomic E-state index is -0.591. The second-order valence-corrected chi connectivity index (χ2v) is 3.18. The summed E-state index contributed by atoms with van der Waals surface area (Å²) in [4.78, 5) is 13.0. The molecule has 0 N–H and O–H groups in total. The number of hydrogen-bond acceptors (Lipinski definition) is 3. The van der Waals surface area contributed by atoms with Crippen LogP contribution in [0.4, 0.5) is 0 Å². The lowest BCUT2D eigenvalue weighted by Crippen LogP contribution is -2.30. The zero-order valence-electron chi connectivity index (χ0n) is 8.23. The van der Waals surface area contributed by atoms with Gasteiger partial charge in [0.25, 0.3) is 0 Å². The van der Waals surface area contributed by atoms with E-state index >= 15 is 0 Å². The molecule has 0 aromatic carbocycles. The van der Waals surface area contributed by atoms with E-state index in [9.17, 15) is 4.79 Å². The van der Waals surface area contributed by atoms with Crippen LogP contribution >= 0.6 is 0 Å².